The molecule has 0 atom stereocenters. The Morgan fingerprint density at radius 1 is 0.457 bits per heavy atom. The molecule has 1 N–H and O–H groups in total. The van der Waals surface area contributed by atoms with Gasteiger partial charge in [0, 0.05) is 13.2 Å². The maximum atomic E-state index is 7.44. The number of hydrogen-bond donors (Lipinski definition) is 1. The van der Waals surface area contributed by atoms with Crippen molar-refractivity contribution in [1.29, 1.82) is 0 Å². The van der Waals surface area contributed by atoms with Gasteiger partial charge in [-0.05, 0) is 29.5 Å². The van der Waals surface area contributed by atoms with Crippen LogP contribution in [0.4, 0.5) is 5.69 Å². The van der Waals surface area contributed by atoms with Crippen molar-refractivity contribution in [3.63, 3.8) is 0 Å². The third-order valence-corrected chi connectivity index (χ3v) is 8.30. The molecule has 3 aromatic rings. The predicted octanol–water partition coefficient (Wildman–Crippen LogP) is 0.761. The molecule has 9 nitrogen and oxygen atoms in total. The molecular formula is C35H47KN2O7P+. The molecule has 2 aliphatic rings. The first kappa shape index (κ1) is 40.9. The minimum absolute atomic E-state index is 0. The van der Waals surface area contributed by atoms with Crippen LogP contribution in [-0.2, 0) is 33.2 Å². The largest absolute Gasteiger partial charge is 1.00 e. The first-order valence-corrected chi connectivity index (χ1v) is 16.9. The van der Waals surface area contributed by atoms with Gasteiger partial charge in [0.25, 0.3) is 0 Å². The molecule has 2 heterocycles. The van der Waals surface area contributed by atoms with Gasteiger partial charge < -0.3 is 38.2 Å². The molecule has 11 heteroatoms. The van der Waals surface area contributed by atoms with Crippen LogP contribution in [0.2, 0.25) is 0 Å². The van der Waals surface area contributed by atoms with E-state index >= 15 is 0 Å². The second kappa shape index (κ2) is 28.7. The molecule has 2 fully saturated rings. The van der Waals surface area contributed by atoms with Gasteiger partial charge in [-0.3, -0.25) is 0 Å². The molecule has 0 aliphatic carbocycles. The molecule has 0 unspecified atom stereocenters. The number of rotatable bonds is 4. The molecule has 0 saturated carbocycles. The third-order valence-electron chi connectivity index (χ3n) is 6.31. The minimum atomic E-state index is -0.847. The van der Waals surface area contributed by atoms with Crippen LogP contribution in [0.5, 0.6) is 0 Å². The summed E-state index contributed by atoms with van der Waals surface area (Å²) in [4.78, 5) is 0. The average molecular weight is 678 g/mol. The Hall–Kier alpha value is -1.26. The molecule has 0 aromatic heterocycles. The van der Waals surface area contributed by atoms with E-state index in [0.29, 0.717) is 79.3 Å². The Kier molecular flexibility index (Phi) is 25.5. The van der Waals surface area contributed by atoms with Crippen LogP contribution in [0.1, 0.15) is 18.4 Å². The van der Waals surface area contributed by atoms with E-state index in [1.54, 1.807) is 0 Å². The summed E-state index contributed by atoms with van der Waals surface area (Å²) in [5.41, 5.74) is 1.54. The molecule has 46 heavy (non-hydrogen) atoms. The first-order chi connectivity index (χ1) is 22.4. The first-order valence-electron chi connectivity index (χ1n) is 15.6. The van der Waals surface area contributed by atoms with Crippen molar-refractivity contribution in [1.82, 2.24) is 0 Å². The van der Waals surface area contributed by atoms with Crippen LogP contribution >= 0.6 is 8.07 Å². The summed E-state index contributed by atoms with van der Waals surface area (Å²) in [6.07, 6.45) is 2.56. The summed E-state index contributed by atoms with van der Waals surface area (Å²) >= 11 is 0. The molecule has 2 aliphatic heterocycles. The third kappa shape index (κ3) is 18.9. The monoisotopic (exact) mass is 677 g/mol. The van der Waals surface area contributed by atoms with E-state index in [1.165, 1.54) is 23.5 Å². The van der Waals surface area contributed by atoms with Gasteiger partial charge in [-0.1, -0.05) is 84.1 Å². The fourth-order valence-corrected chi connectivity index (χ4v) is 5.84. The summed E-state index contributed by atoms with van der Waals surface area (Å²) in [6, 6.07) is 30.8. The van der Waals surface area contributed by atoms with Gasteiger partial charge in [0.1, 0.15) is 0 Å². The Bertz CT molecular complexity index is 1050. The van der Waals surface area contributed by atoms with Crippen molar-refractivity contribution >= 4 is 24.4 Å². The topological polar surface area (TPSA) is 103 Å². The quantitative estimate of drug-likeness (QED) is 0.322. The second-order valence-corrected chi connectivity index (χ2v) is 11.6. The standard InChI is InChI=1S/C19H14N2P.C12H24O6.C4H8O.K/c20-15-16-9-7-8-14-19(16)21-22(17-10-3-1-4-11-17)18-12-5-2-6-13-18;1-2-14-5-6-16-9-10-18-12-11-17-8-7-15-4-3-13-1;1-2-4-5-3-1;/h1-14H;1-12H2;1-4H2;/q-1;;;+1/p+1. The SMILES string of the molecule is C1CCOC1.C1COCCOCCOCCOCCOCCO1.[K+].[NH+]#Cc1ccccc1[N-]P(c1ccccc1)c1ccccc1. The van der Waals surface area contributed by atoms with E-state index in [2.05, 4.69) is 30.3 Å². The number of benzene rings is 3. The maximum Gasteiger partial charge on any atom is 1.00 e. The van der Waals surface area contributed by atoms with Crippen molar-refractivity contribution in [2.45, 2.75) is 12.8 Å². The Balaban J connectivity index is 0.000000276. The van der Waals surface area contributed by atoms with Crippen LogP contribution in [0.15, 0.2) is 84.9 Å². The number of hydrogen-bond acceptors (Lipinski definition) is 7. The van der Waals surface area contributed by atoms with Gasteiger partial charge >= 0.3 is 57.5 Å². The van der Waals surface area contributed by atoms with Gasteiger partial charge in [0.2, 0.25) is 0 Å². The smallest absolute Gasteiger partial charge is 0.651 e. The van der Waals surface area contributed by atoms with Crippen molar-refractivity contribution in [3.05, 3.63) is 95.6 Å². The molecule has 5 rings (SSSR count). The summed E-state index contributed by atoms with van der Waals surface area (Å²) in [7, 11) is -0.847. The molecule has 244 valence electrons. The van der Waals surface area contributed by atoms with E-state index in [4.69, 9.17) is 43.5 Å². The van der Waals surface area contributed by atoms with Gasteiger partial charge in [-0.25, -0.2) is 0 Å². The van der Waals surface area contributed by atoms with Crippen molar-refractivity contribution < 1.29 is 89.8 Å². The van der Waals surface area contributed by atoms with Crippen molar-refractivity contribution in [2.75, 3.05) is 92.5 Å². The predicted molar refractivity (Wildman–Crippen MR) is 177 cm³/mol. The number of ether oxygens (including phenoxy) is 7. The van der Waals surface area contributed by atoms with Gasteiger partial charge in [0.05, 0.1) is 84.8 Å². The average Bonchev–Trinajstić information content (AvgIpc) is 3.69. The molecule has 3 aromatic carbocycles. The van der Waals surface area contributed by atoms with Gasteiger partial charge in [0.15, 0.2) is 0 Å². The maximum absolute atomic E-state index is 7.44. The summed E-state index contributed by atoms with van der Waals surface area (Å²) in [6.45, 7) is 9.04. The molecule has 0 radical (unpaired) electrons. The zero-order valence-electron chi connectivity index (χ0n) is 27.1. The fourth-order valence-electron chi connectivity index (χ4n) is 4.01. The van der Waals surface area contributed by atoms with E-state index < -0.39 is 8.07 Å². The normalized spacial score (nSPS) is 16.9. The molecule has 2 saturated heterocycles. The van der Waals surface area contributed by atoms with E-state index in [1.807, 2.05) is 60.7 Å². The zero-order chi connectivity index (χ0) is 31.5. The minimum Gasteiger partial charge on any atom is -0.651 e. The second-order valence-electron chi connectivity index (χ2n) is 9.72. The van der Waals surface area contributed by atoms with Crippen molar-refractivity contribution in [2.24, 2.45) is 0 Å². The van der Waals surface area contributed by atoms with Crippen molar-refractivity contribution in [3.8, 4) is 6.07 Å². The van der Waals surface area contributed by atoms with Crippen LogP contribution in [0.3, 0.4) is 0 Å². The molecular weight excluding hydrogens is 630 g/mol. The molecule has 0 amide bonds. The van der Waals surface area contributed by atoms with E-state index in [9.17, 15) is 0 Å². The van der Waals surface area contributed by atoms with Crippen LogP contribution in [0, 0.1) is 6.07 Å². The van der Waals surface area contributed by atoms with Gasteiger partial charge in [-0.2, -0.15) is 0 Å². The molecule has 0 bridgehead atoms. The van der Waals surface area contributed by atoms with Crippen LogP contribution in [-0.4, -0.2) is 92.5 Å². The summed E-state index contributed by atoms with van der Waals surface area (Å²) in [5, 5.41) is 14.8. The van der Waals surface area contributed by atoms with E-state index in [-0.39, 0.29) is 51.4 Å². The number of nitrogens with one attached hydrogen (secondary N) is 1. The Morgan fingerprint density at radius 3 is 1.11 bits per heavy atom. The fraction of sp³-hybridized carbons (Fsp3) is 0.457. The van der Waals surface area contributed by atoms with Crippen LogP contribution in [0.25, 0.3) is 5.09 Å². The number of nitrogens with zero attached hydrogens (tertiary/aromatic N) is 1. The van der Waals surface area contributed by atoms with E-state index in [0.717, 1.165) is 24.5 Å². The van der Waals surface area contributed by atoms with Gasteiger partial charge in [-0.15, -0.1) is 13.8 Å². The summed E-state index contributed by atoms with van der Waals surface area (Å²) < 4.78 is 36.9. The van der Waals surface area contributed by atoms with Crippen LogP contribution < -0.4 is 67.3 Å². The Morgan fingerprint density at radius 2 is 0.783 bits per heavy atom. The zero-order valence-corrected chi connectivity index (χ0v) is 31.2. The Labute approximate surface area is 318 Å². The summed E-state index contributed by atoms with van der Waals surface area (Å²) in [5.74, 6) is 0. The molecule has 0 spiro atoms.